The lowest BCUT2D eigenvalue weighted by atomic mass is 10.4. The molecule has 0 unspecified atom stereocenters. The SMILES string of the molecule is CCOCCOCCOCCOCCOCCOCC(=O)OC[C@@H]1CN(C)C(=O)O1. The summed E-state index contributed by atoms with van der Waals surface area (Å²) >= 11 is 0. The molecule has 1 rings (SSSR count). The van der Waals surface area contributed by atoms with E-state index in [-0.39, 0.29) is 19.8 Å². The van der Waals surface area contributed by atoms with Crippen molar-refractivity contribution in [3.05, 3.63) is 0 Å². The summed E-state index contributed by atoms with van der Waals surface area (Å²) in [6.45, 7) is 7.59. The lowest BCUT2D eigenvalue weighted by molar-refractivity contribution is -0.151. The third-order valence-electron chi connectivity index (χ3n) is 3.77. The van der Waals surface area contributed by atoms with Crippen LogP contribution in [0.1, 0.15) is 6.92 Å². The van der Waals surface area contributed by atoms with Gasteiger partial charge in [0.15, 0.2) is 6.10 Å². The molecule has 30 heavy (non-hydrogen) atoms. The molecule has 0 N–H and O–H groups in total. The molecule has 0 aliphatic carbocycles. The van der Waals surface area contributed by atoms with E-state index in [1.54, 1.807) is 7.05 Å². The minimum absolute atomic E-state index is 0.0246. The monoisotopic (exact) mass is 437 g/mol. The number of likely N-dealkylation sites (N-methyl/N-ethyl adjacent to an activating group) is 1. The standard InChI is InChI=1S/C19H35NO10/c1-3-23-4-5-24-6-7-25-8-9-26-10-11-27-12-13-28-16-18(21)29-15-17-14-20(2)19(22)30-17/h17H,3-16H2,1-2H3/t17-/m0/s1. The summed E-state index contributed by atoms with van der Waals surface area (Å²) in [5.41, 5.74) is 0. The molecule has 1 fully saturated rings. The number of esters is 1. The topological polar surface area (TPSA) is 111 Å². The van der Waals surface area contributed by atoms with Crippen LogP contribution in [0.4, 0.5) is 4.79 Å². The van der Waals surface area contributed by atoms with Crippen LogP contribution in [0.2, 0.25) is 0 Å². The fourth-order valence-corrected chi connectivity index (χ4v) is 2.26. The van der Waals surface area contributed by atoms with E-state index in [0.717, 1.165) is 0 Å². The number of nitrogens with zero attached hydrogens (tertiary/aromatic N) is 1. The molecule has 0 saturated carbocycles. The maximum Gasteiger partial charge on any atom is 0.410 e. The van der Waals surface area contributed by atoms with Gasteiger partial charge in [-0.15, -0.1) is 0 Å². The van der Waals surface area contributed by atoms with Gasteiger partial charge in [0, 0.05) is 13.7 Å². The van der Waals surface area contributed by atoms with Crippen LogP contribution in [0.3, 0.4) is 0 Å². The molecular weight excluding hydrogens is 402 g/mol. The molecule has 0 spiro atoms. The molecule has 0 bridgehead atoms. The predicted octanol–water partition coefficient (Wildman–Crippen LogP) is 0.0997. The highest BCUT2D eigenvalue weighted by Crippen LogP contribution is 2.08. The zero-order valence-electron chi connectivity index (χ0n) is 18.0. The van der Waals surface area contributed by atoms with Crippen LogP contribution >= 0.6 is 0 Å². The molecule has 0 aromatic heterocycles. The number of ether oxygens (including phenoxy) is 8. The molecule has 1 atom stereocenters. The maximum atomic E-state index is 11.5. The van der Waals surface area contributed by atoms with E-state index in [2.05, 4.69) is 0 Å². The molecule has 0 aromatic rings. The van der Waals surface area contributed by atoms with Crippen molar-refractivity contribution in [1.29, 1.82) is 0 Å². The summed E-state index contributed by atoms with van der Waals surface area (Å²) in [5.74, 6) is -0.511. The largest absolute Gasteiger partial charge is 0.460 e. The number of cyclic esters (lactones) is 1. The average Bonchev–Trinajstić information content (AvgIpc) is 3.06. The minimum atomic E-state index is -0.511. The summed E-state index contributed by atoms with van der Waals surface area (Å²) in [7, 11) is 1.62. The molecule has 0 radical (unpaired) electrons. The normalized spacial score (nSPS) is 16.1. The van der Waals surface area contributed by atoms with Gasteiger partial charge in [0.1, 0.15) is 13.2 Å². The van der Waals surface area contributed by atoms with Gasteiger partial charge in [0.25, 0.3) is 0 Å². The minimum Gasteiger partial charge on any atom is -0.460 e. The van der Waals surface area contributed by atoms with Crippen molar-refractivity contribution in [2.75, 3.05) is 99.5 Å². The Morgan fingerprint density at radius 1 is 0.867 bits per heavy atom. The van der Waals surface area contributed by atoms with Crippen molar-refractivity contribution in [1.82, 2.24) is 4.90 Å². The van der Waals surface area contributed by atoms with Gasteiger partial charge >= 0.3 is 12.1 Å². The van der Waals surface area contributed by atoms with E-state index < -0.39 is 18.2 Å². The van der Waals surface area contributed by atoms with Gasteiger partial charge in [0.05, 0.1) is 72.6 Å². The summed E-state index contributed by atoms with van der Waals surface area (Å²) in [6, 6.07) is 0. The van der Waals surface area contributed by atoms with Crippen LogP contribution in [0.15, 0.2) is 0 Å². The third-order valence-corrected chi connectivity index (χ3v) is 3.77. The molecule has 1 heterocycles. The average molecular weight is 437 g/mol. The summed E-state index contributed by atoms with van der Waals surface area (Å²) in [5, 5.41) is 0. The highest BCUT2D eigenvalue weighted by molar-refractivity contribution is 5.71. The number of hydrogen-bond donors (Lipinski definition) is 0. The maximum absolute atomic E-state index is 11.5. The number of amides is 1. The first-order valence-corrected chi connectivity index (χ1v) is 10.2. The smallest absolute Gasteiger partial charge is 0.410 e. The molecule has 1 aliphatic heterocycles. The number of carbonyl (C=O) groups is 2. The van der Waals surface area contributed by atoms with E-state index in [4.69, 9.17) is 37.9 Å². The van der Waals surface area contributed by atoms with E-state index in [1.807, 2.05) is 6.92 Å². The van der Waals surface area contributed by atoms with Gasteiger partial charge in [-0.05, 0) is 6.92 Å². The van der Waals surface area contributed by atoms with E-state index in [9.17, 15) is 9.59 Å². The second-order valence-electron chi connectivity index (χ2n) is 6.27. The Morgan fingerprint density at radius 3 is 1.77 bits per heavy atom. The lowest BCUT2D eigenvalue weighted by Gasteiger charge is -2.10. The Bertz CT molecular complexity index is 451. The molecule has 176 valence electrons. The molecule has 0 aromatic carbocycles. The van der Waals surface area contributed by atoms with Gasteiger partial charge in [0.2, 0.25) is 0 Å². The molecule has 1 saturated heterocycles. The second-order valence-corrected chi connectivity index (χ2v) is 6.27. The lowest BCUT2D eigenvalue weighted by Crippen LogP contribution is -2.25. The first kappa shape index (κ1) is 26.5. The van der Waals surface area contributed by atoms with E-state index >= 15 is 0 Å². The van der Waals surface area contributed by atoms with Crippen molar-refractivity contribution in [3.8, 4) is 0 Å². The fourth-order valence-electron chi connectivity index (χ4n) is 2.26. The molecular formula is C19H35NO10. The van der Waals surface area contributed by atoms with Gasteiger partial charge in [-0.1, -0.05) is 0 Å². The Morgan fingerprint density at radius 2 is 1.33 bits per heavy atom. The zero-order chi connectivity index (χ0) is 21.9. The Kier molecular flexibility index (Phi) is 16.2. The van der Waals surface area contributed by atoms with Crippen LogP contribution in [-0.4, -0.2) is 123 Å². The predicted molar refractivity (Wildman–Crippen MR) is 104 cm³/mol. The Hall–Kier alpha value is -1.50. The van der Waals surface area contributed by atoms with Gasteiger partial charge < -0.3 is 42.8 Å². The van der Waals surface area contributed by atoms with Crippen LogP contribution in [0.5, 0.6) is 0 Å². The van der Waals surface area contributed by atoms with E-state index in [0.29, 0.717) is 72.6 Å². The number of carbonyl (C=O) groups excluding carboxylic acids is 2. The van der Waals surface area contributed by atoms with Crippen LogP contribution in [-0.2, 0) is 42.7 Å². The Balaban J connectivity index is 1.74. The quantitative estimate of drug-likeness (QED) is 0.192. The molecule has 11 nitrogen and oxygen atoms in total. The molecule has 1 amide bonds. The third kappa shape index (κ3) is 14.5. The Labute approximate surface area is 177 Å². The van der Waals surface area contributed by atoms with Crippen LogP contribution in [0, 0.1) is 0 Å². The fraction of sp³-hybridized carbons (Fsp3) is 0.895. The summed E-state index contributed by atoms with van der Waals surface area (Å²) < 4.78 is 41.7. The first-order valence-electron chi connectivity index (χ1n) is 10.2. The van der Waals surface area contributed by atoms with Crippen LogP contribution < -0.4 is 0 Å². The highest BCUT2D eigenvalue weighted by Gasteiger charge is 2.29. The van der Waals surface area contributed by atoms with Gasteiger partial charge in [-0.2, -0.15) is 0 Å². The molecule has 1 aliphatic rings. The zero-order valence-corrected chi connectivity index (χ0v) is 18.0. The summed E-state index contributed by atoms with van der Waals surface area (Å²) in [4.78, 5) is 24.1. The van der Waals surface area contributed by atoms with Crippen molar-refractivity contribution in [3.63, 3.8) is 0 Å². The van der Waals surface area contributed by atoms with Gasteiger partial charge in [-0.3, -0.25) is 0 Å². The molecule has 11 heteroatoms. The first-order chi connectivity index (χ1) is 14.6. The second kappa shape index (κ2) is 18.3. The summed E-state index contributed by atoms with van der Waals surface area (Å²) in [6.07, 6.45) is -0.848. The highest BCUT2D eigenvalue weighted by atomic mass is 16.6. The number of rotatable bonds is 20. The van der Waals surface area contributed by atoms with Gasteiger partial charge in [-0.25, -0.2) is 9.59 Å². The van der Waals surface area contributed by atoms with E-state index in [1.165, 1.54) is 4.90 Å². The van der Waals surface area contributed by atoms with Crippen LogP contribution in [0.25, 0.3) is 0 Å². The van der Waals surface area contributed by atoms with Crippen molar-refractivity contribution in [2.45, 2.75) is 13.0 Å². The van der Waals surface area contributed by atoms with Crippen molar-refractivity contribution in [2.24, 2.45) is 0 Å². The van der Waals surface area contributed by atoms with Crippen molar-refractivity contribution < 1.29 is 47.5 Å². The van der Waals surface area contributed by atoms with Crippen molar-refractivity contribution >= 4 is 12.1 Å². The number of hydrogen-bond acceptors (Lipinski definition) is 10.